The number of carbonyl (C=O) groups excluding carboxylic acids is 1. The predicted molar refractivity (Wildman–Crippen MR) is 97.4 cm³/mol. The van der Waals surface area contributed by atoms with Gasteiger partial charge in [0.15, 0.2) is 0 Å². The van der Waals surface area contributed by atoms with E-state index < -0.39 is 11.6 Å². The highest BCUT2D eigenvalue weighted by molar-refractivity contribution is 5.92. The van der Waals surface area contributed by atoms with Crippen molar-refractivity contribution in [2.24, 2.45) is 0 Å². The molecule has 140 valence electrons. The summed E-state index contributed by atoms with van der Waals surface area (Å²) in [6.45, 7) is 2.05. The van der Waals surface area contributed by atoms with Crippen molar-refractivity contribution in [3.05, 3.63) is 72.3 Å². The number of aromatic nitrogens is 3. The van der Waals surface area contributed by atoms with Crippen LogP contribution in [0.2, 0.25) is 0 Å². The molecule has 0 saturated heterocycles. The highest BCUT2D eigenvalue weighted by atomic mass is 19.1. The summed E-state index contributed by atoms with van der Waals surface area (Å²) >= 11 is 0. The van der Waals surface area contributed by atoms with Crippen molar-refractivity contribution < 1.29 is 13.6 Å². The van der Waals surface area contributed by atoms with Gasteiger partial charge in [-0.25, -0.2) is 18.4 Å². The molecule has 0 aliphatic heterocycles. The van der Waals surface area contributed by atoms with Crippen LogP contribution in [0.1, 0.15) is 18.5 Å². The van der Waals surface area contributed by atoms with Gasteiger partial charge in [0.25, 0.3) is 0 Å². The third kappa shape index (κ3) is 4.73. The van der Waals surface area contributed by atoms with Crippen molar-refractivity contribution >= 4 is 11.6 Å². The molecule has 0 saturated carbocycles. The van der Waals surface area contributed by atoms with Gasteiger partial charge in [0.2, 0.25) is 5.91 Å². The van der Waals surface area contributed by atoms with Crippen molar-refractivity contribution in [3.8, 4) is 5.69 Å². The number of anilines is 1. The first-order valence-electron chi connectivity index (χ1n) is 8.33. The third-order valence-corrected chi connectivity index (χ3v) is 4.26. The van der Waals surface area contributed by atoms with Crippen LogP contribution in [0.5, 0.6) is 0 Å². The fourth-order valence-corrected chi connectivity index (χ4v) is 2.69. The molecule has 6 nitrogen and oxygen atoms in total. The largest absolute Gasteiger partial charge is 0.325 e. The fourth-order valence-electron chi connectivity index (χ4n) is 2.69. The Morgan fingerprint density at radius 2 is 1.85 bits per heavy atom. The van der Waals surface area contributed by atoms with Crippen molar-refractivity contribution in [1.82, 2.24) is 19.7 Å². The Bertz CT molecular complexity index is 892. The third-order valence-electron chi connectivity index (χ3n) is 4.26. The maximum absolute atomic E-state index is 13.2. The van der Waals surface area contributed by atoms with Crippen molar-refractivity contribution in [2.75, 3.05) is 18.9 Å². The summed E-state index contributed by atoms with van der Waals surface area (Å²) in [7, 11) is 1.81. The Morgan fingerprint density at radius 3 is 2.44 bits per heavy atom. The van der Waals surface area contributed by atoms with Gasteiger partial charge in [0.1, 0.15) is 24.3 Å². The lowest BCUT2D eigenvalue weighted by Crippen LogP contribution is -2.32. The van der Waals surface area contributed by atoms with E-state index in [1.54, 1.807) is 11.0 Å². The van der Waals surface area contributed by atoms with Crippen molar-refractivity contribution in [3.63, 3.8) is 0 Å². The fraction of sp³-hybridized carbons (Fsp3) is 0.211. The summed E-state index contributed by atoms with van der Waals surface area (Å²) in [6.07, 6.45) is 3.08. The van der Waals surface area contributed by atoms with Crippen LogP contribution in [0, 0.1) is 11.6 Å². The van der Waals surface area contributed by atoms with Crippen LogP contribution in [0.25, 0.3) is 5.69 Å². The summed E-state index contributed by atoms with van der Waals surface area (Å²) in [6, 6.07) is 10.6. The molecule has 2 aromatic carbocycles. The van der Waals surface area contributed by atoms with Gasteiger partial charge in [0.05, 0.1) is 12.2 Å². The first kappa shape index (κ1) is 18.7. The first-order chi connectivity index (χ1) is 12.9. The highest BCUT2D eigenvalue weighted by Crippen LogP contribution is 2.20. The SMILES string of the molecule is C[C@@H](c1ccc(-n2cncn2)cc1)N(C)CC(=O)Nc1cc(F)cc(F)c1. The number of rotatable bonds is 6. The minimum atomic E-state index is -0.737. The maximum atomic E-state index is 13.2. The number of carbonyl (C=O) groups is 1. The molecule has 0 spiro atoms. The Hall–Kier alpha value is -3.13. The number of amides is 1. The zero-order chi connectivity index (χ0) is 19.4. The summed E-state index contributed by atoms with van der Waals surface area (Å²) in [5, 5.41) is 6.59. The number of nitrogens with one attached hydrogen (secondary N) is 1. The summed E-state index contributed by atoms with van der Waals surface area (Å²) in [5.41, 5.74) is 2.00. The smallest absolute Gasteiger partial charge is 0.238 e. The standard InChI is InChI=1S/C19H19F2N5O/c1-13(14-3-5-18(6-4-14)26-12-22-11-23-26)25(2)10-19(27)24-17-8-15(20)7-16(21)9-17/h3-9,11-13H,10H2,1-2H3,(H,24,27)/t13-/m0/s1. The Balaban J connectivity index is 1.61. The molecule has 1 atom stereocenters. The number of benzene rings is 2. The quantitative estimate of drug-likeness (QED) is 0.723. The van der Waals surface area contributed by atoms with Crippen molar-refractivity contribution in [2.45, 2.75) is 13.0 Å². The summed E-state index contributed by atoms with van der Waals surface area (Å²) in [4.78, 5) is 17.9. The molecule has 1 heterocycles. The number of halogens is 2. The van der Waals surface area contributed by atoms with E-state index >= 15 is 0 Å². The molecule has 1 N–H and O–H groups in total. The molecule has 27 heavy (non-hydrogen) atoms. The van der Waals surface area contributed by atoms with Gasteiger partial charge in [-0.15, -0.1) is 0 Å². The maximum Gasteiger partial charge on any atom is 0.238 e. The average Bonchev–Trinajstić information content (AvgIpc) is 3.14. The molecule has 0 unspecified atom stereocenters. The lowest BCUT2D eigenvalue weighted by Gasteiger charge is -2.24. The Labute approximate surface area is 155 Å². The second-order valence-electron chi connectivity index (χ2n) is 6.23. The average molecular weight is 371 g/mol. The van der Waals surface area contributed by atoms with Crippen LogP contribution in [-0.2, 0) is 4.79 Å². The zero-order valence-corrected chi connectivity index (χ0v) is 14.9. The second-order valence-corrected chi connectivity index (χ2v) is 6.23. The lowest BCUT2D eigenvalue weighted by atomic mass is 10.1. The minimum Gasteiger partial charge on any atom is -0.325 e. The molecule has 0 aliphatic carbocycles. The van der Waals surface area contributed by atoms with E-state index in [9.17, 15) is 13.6 Å². The van der Waals surface area contributed by atoms with Gasteiger partial charge in [-0.3, -0.25) is 9.69 Å². The molecule has 3 aromatic rings. The van der Waals surface area contributed by atoms with Crippen LogP contribution in [-0.4, -0.2) is 39.2 Å². The molecule has 0 aliphatic rings. The van der Waals surface area contributed by atoms with Crippen LogP contribution >= 0.6 is 0 Å². The normalized spacial score (nSPS) is 12.2. The van der Waals surface area contributed by atoms with E-state index in [4.69, 9.17) is 0 Å². The first-order valence-corrected chi connectivity index (χ1v) is 8.33. The van der Waals surface area contributed by atoms with Gasteiger partial charge < -0.3 is 5.32 Å². The molecule has 1 amide bonds. The van der Waals surface area contributed by atoms with Crippen LogP contribution in [0.15, 0.2) is 55.1 Å². The van der Waals surface area contributed by atoms with Gasteiger partial charge in [-0.2, -0.15) is 5.10 Å². The highest BCUT2D eigenvalue weighted by Gasteiger charge is 2.15. The lowest BCUT2D eigenvalue weighted by molar-refractivity contribution is -0.117. The van der Waals surface area contributed by atoms with E-state index in [-0.39, 0.29) is 24.2 Å². The van der Waals surface area contributed by atoms with E-state index in [0.717, 1.165) is 29.4 Å². The van der Waals surface area contributed by atoms with E-state index in [2.05, 4.69) is 15.4 Å². The zero-order valence-electron chi connectivity index (χ0n) is 14.9. The summed E-state index contributed by atoms with van der Waals surface area (Å²) < 4.78 is 28.1. The molecular formula is C19H19F2N5O. The topological polar surface area (TPSA) is 63.1 Å². The molecule has 3 rings (SSSR count). The van der Waals surface area contributed by atoms with Gasteiger partial charge in [-0.05, 0) is 43.8 Å². The Kier molecular flexibility index (Phi) is 5.56. The summed E-state index contributed by atoms with van der Waals surface area (Å²) in [5.74, 6) is -1.83. The monoisotopic (exact) mass is 371 g/mol. The number of hydrogen-bond acceptors (Lipinski definition) is 4. The number of nitrogens with zero attached hydrogens (tertiary/aromatic N) is 4. The van der Waals surface area contributed by atoms with Gasteiger partial charge in [-0.1, -0.05) is 12.1 Å². The van der Waals surface area contributed by atoms with Gasteiger partial charge >= 0.3 is 0 Å². The predicted octanol–water partition coefficient (Wildman–Crippen LogP) is 3.18. The molecule has 1 aromatic heterocycles. The van der Waals surface area contributed by atoms with Crippen LogP contribution in [0.3, 0.4) is 0 Å². The van der Waals surface area contributed by atoms with Gasteiger partial charge in [0, 0.05) is 17.8 Å². The molecule has 0 bridgehead atoms. The van der Waals surface area contributed by atoms with E-state index in [1.165, 1.54) is 6.33 Å². The van der Waals surface area contributed by atoms with Crippen LogP contribution in [0.4, 0.5) is 14.5 Å². The minimum absolute atomic E-state index is 0.0372. The molecular weight excluding hydrogens is 352 g/mol. The molecule has 0 radical (unpaired) electrons. The van der Waals surface area contributed by atoms with E-state index in [1.807, 2.05) is 43.1 Å². The van der Waals surface area contributed by atoms with E-state index in [0.29, 0.717) is 0 Å². The second kappa shape index (κ2) is 8.05. The Morgan fingerprint density at radius 1 is 1.19 bits per heavy atom. The molecule has 0 fully saturated rings. The van der Waals surface area contributed by atoms with Crippen molar-refractivity contribution in [1.29, 1.82) is 0 Å². The number of hydrogen-bond donors (Lipinski definition) is 1. The molecule has 8 heteroatoms. The number of likely N-dealkylation sites (N-methyl/N-ethyl adjacent to an activating group) is 1. The van der Waals surface area contributed by atoms with Crippen LogP contribution < -0.4 is 5.32 Å².